The molecule has 0 fully saturated rings. The van der Waals surface area contributed by atoms with Gasteiger partial charge in [-0.25, -0.2) is 4.79 Å². The van der Waals surface area contributed by atoms with Gasteiger partial charge in [-0.15, -0.1) is 12.4 Å². The molecule has 1 aliphatic heterocycles. The van der Waals surface area contributed by atoms with Crippen LogP contribution in [0.25, 0.3) is 0 Å². The quantitative estimate of drug-likeness (QED) is 0.565. The van der Waals surface area contributed by atoms with E-state index in [1.807, 2.05) is 24.3 Å². The summed E-state index contributed by atoms with van der Waals surface area (Å²) in [4.78, 5) is 26.0. The van der Waals surface area contributed by atoms with E-state index in [4.69, 9.17) is 28.9 Å². The number of rotatable bonds is 4. The third kappa shape index (κ3) is 5.63. The number of hydrogen-bond acceptors (Lipinski definition) is 4. The van der Waals surface area contributed by atoms with Gasteiger partial charge in [-0.05, 0) is 29.8 Å². The van der Waals surface area contributed by atoms with Crippen molar-refractivity contribution in [1.82, 2.24) is 0 Å². The van der Waals surface area contributed by atoms with Crippen molar-refractivity contribution in [2.45, 2.75) is 31.8 Å². The van der Waals surface area contributed by atoms with Crippen LogP contribution < -0.4 is 16.0 Å². The molecule has 0 spiro atoms. The smallest absolute Gasteiger partial charge is 0.326 e. The van der Waals surface area contributed by atoms with Crippen LogP contribution in [0.2, 0.25) is 10.0 Å². The van der Waals surface area contributed by atoms with Crippen LogP contribution >= 0.6 is 35.6 Å². The number of halogens is 3. The van der Waals surface area contributed by atoms with E-state index in [0.717, 1.165) is 5.56 Å². The molecule has 31 heavy (non-hydrogen) atoms. The number of carboxylic acids is 1. The van der Waals surface area contributed by atoms with E-state index in [0.29, 0.717) is 39.9 Å². The van der Waals surface area contributed by atoms with Gasteiger partial charge in [-0.1, -0.05) is 47.2 Å². The number of carboxylic acid groups (broad SMARTS) is 1. The van der Waals surface area contributed by atoms with E-state index in [2.05, 4.69) is 17.2 Å². The Balaban J connectivity index is 0.00000341. The van der Waals surface area contributed by atoms with Gasteiger partial charge in [-0.3, -0.25) is 4.79 Å². The zero-order valence-corrected chi connectivity index (χ0v) is 19.0. The number of nitrogens with one attached hydrogen (secondary N) is 1. The van der Waals surface area contributed by atoms with E-state index in [-0.39, 0.29) is 24.7 Å². The molecule has 2 aromatic carbocycles. The van der Waals surface area contributed by atoms with Crippen LogP contribution in [-0.2, 0) is 16.0 Å². The van der Waals surface area contributed by atoms with Crippen molar-refractivity contribution in [3.05, 3.63) is 57.6 Å². The molecule has 6 nitrogen and oxygen atoms in total. The van der Waals surface area contributed by atoms with Crippen LogP contribution in [0.3, 0.4) is 0 Å². The molecule has 0 bridgehead atoms. The highest BCUT2D eigenvalue weighted by Crippen LogP contribution is 2.44. The fourth-order valence-electron chi connectivity index (χ4n) is 3.62. The molecule has 1 aliphatic rings. The minimum atomic E-state index is -1.01. The molecule has 164 valence electrons. The zero-order valence-electron chi connectivity index (χ0n) is 16.7. The standard InChI is InChI=1S/C22H21Cl2N3O3.ClH/c1-13(28)27(16-7-5-14(6-8-16)4-2-3-9-25)20-12-19(22(29)30)26-18-11-15(23)10-17(24)21(18)20;/h5-8,10-11,19-20,26H,4,9,12,25H2,1H3,(H,29,30);1H/t19-,20+;/m0./s1. The third-order valence-corrected chi connectivity index (χ3v) is 5.43. The number of nitrogens with two attached hydrogens (primary N) is 1. The first-order valence-electron chi connectivity index (χ1n) is 9.34. The van der Waals surface area contributed by atoms with E-state index in [1.165, 1.54) is 6.92 Å². The van der Waals surface area contributed by atoms with Gasteiger partial charge in [0.2, 0.25) is 5.91 Å². The molecule has 1 amide bonds. The SMILES string of the molecule is CC(=O)N(c1ccc(CC#CCN)cc1)[C@@H]1C[C@@H](C(=O)O)Nc2cc(Cl)cc(Cl)c21.Cl. The van der Waals surface area contributed by atoms with Crippen molar-refractivity contribution in [3.63, 3.8) is 0 Å². The molecule has 2 atom stereocenters. The van der Waals surface area contributed by atoms with Crippen molar-refractivity contribution < 1.29 is 14.7 Å². The fraction of sp³-hybridized carbons (Fsp3) is 0.273. The first-order valence-corrected chi connectivity index (χ1v) is 10.1. The van der Waals surface area contributed by atoms with Crippen LogP contribution in [-0.4, -0.2) is 29.6 Å². The Morgan fingerprint density at radius 2 is 1.90 bits per heavy atom. The van der Waals surface area contributed by atoms with Crippen molar-refractivity contribution in [3.8, 4) is 11.8 Å². The first-order chi connectivity index (χ1) is 14.3. The molecule has 0 aliphatic carbocycles. The minimum Gasteiger partial charge on any atom is -0.480 e. The number of aliphatic carboxylic acids is 1. The maximum Gasteiger partial charge on any atom is 0.326 e. The monoisotopic (exact) mass is 481 g/mol. The predicted molar refractivity (Wildman–Crippen MR) is 126 cm³/mol. The van der Waals surface area contributed by atoms with Crippen LogP contribution in [0.15, 0.2) is 36.4 Å². The Morgan fingerprint density at radius 3 is 2.48 bits per heavy atom. The first kappa shape index (κ1) is 24.8. The summed E-state index contributed by atoms with van der Waals surface area (Å²) in [6.07, 6.45) is 0.714. The van der Waals surface area contributed by atoms with E-state index in [1.54, 1.807) is 17.0 Å². The van der Waals surface area contributed by atoms with E-state index < -0.39 is 18.1 Å². The highest BCUT2D eigenvalue weighted by Gasteiger charge is 2.37. The molecule has 3 rings (SSSR count). The number of nitrogens with zero attached hydrogens (tertiary/aromatic N) is 1. The van der Waals surface area contributed by atoms with Gasteiger partial charge in [0.05, 0.1) is 12.6 Å². The van der Waals surface area contributed by atoms with Crippen molar-refractivity contribution in [2.24, 2.45) is 5.73 Å². The second kappa shape index (κ2) is 10.7. The Bertz CT molecular complexity index is 1030. The van der Waals surface area contributed by atoms with Gasteiger partial charge in [0.25, 0.3) is 0 Å². The molecule has 1 heterocycles. The molecular weight excluding hydrogens is 461 g/mol. The number of carbonyl (C=O) groups is 2. The maximum absolute atomic E-state index is 12.7. The molecule has 0 radical (unpaired) electrons. The number of anilines is 2. The molecule has 9 heteroatoms. The lowest BCUT2D eigenvalue weighted by Gasteiger charge is -2.38. The van der Waals surface area contributed by atoms with Gasteiger partial charge >= 0.3 is 5.97 Å². The van der Waals surface area contributed by atoms with Gasteiger partial charge < -0.3 is 21.1 Å². The lowest BCUT2D eigenvalue weighted by molar-refractivity contribution is -0.138. The molecule has 0 unspecified atom stereocenters. The molecule has 0 saturated carbocycles. The van der Waals surface area contributed by atoms with E-state index >= 15 is 0 Å². The Labute approximate surface area is 197 Å². The average Bonchev–Trinajstić information content (AvgIpc) is 2.68. The lowest BCUT2D eigenvalue weighted by Crippen LogP contribution is -2.43. The summed E-state index contributed by atoms with van der Waals surface area (Å²) in [5.74, 6) is 4.55. The van der Waals surface area contributed by atoms with Gasteiger partial charge in [0.1, 0.15) is 6.04 Å². The third-order valence-electron chi connectivity index (χ3n) is 4.90. The molecule has 4 N–H and O–H groups in total. The summed E-state index contributed by atoms with van der Waals surface area (Å²) in [5, 5.41) is 13.3. The fourth-order valence-corrected chi connectivity index (χ4v) is 4.24. The lowest BCUT2D eigenvalue weighted by atomic mass is 9.91. The van der Waals surface area contributed by atoms with Crippen LogP contribution in [0.5, 0.6) is 0 Å². The second-order valence-electron chi connectivity index (χ2n) is 6.93. The summed E-state index contributed by atoms with van der Waals surface area (Å²) in [6, 6.07) is 9.19. The second-order valence-corrected chi connectivity index (χ2v) is 7.77. The Hall–Kier alpha value is -2.43. The van der Waals surface area contributed by atoms with Crippen molar-refractivity contribution in [2.75, 3.05) is 16.8 Å². The number of hydrogen-bond donors (Lipinski definition) is 3. The highest BCUT2D eigenvalue weighted by molar-refractivity contribution is 6.35. The summed E-state index contributed by atoms with van der Waals surface area (Å²) < 4.78 is 0. The van der Waals surface area contributed by atoms with Gasteiger partial charge in [0, 0.05) is 46.7 Å². The number of carbonyl (C=O) groups excluding carboxylic acids is 1. The molecule has 2 aromatic rings. The van der Waals surface area contributed by atoms with Crippen molar-refractivity contribution in [1.29, 1.82) is 0 Å². The minimum absolute atomic E-state index is 0. The number of amides is 1. The van der Waals surface area contributed by atoms with E-state index in [9.17, 15) is 14.7 Å². The maximum atomic E-state index is 12.7. The van der Waals surface area contributed by atoms with Crippen LogP contribution in [0.4, 0.5) is 11.4 Å². The Morgan fingerprint density at radius 1 is 1.23 bits per heavy atom. The van der Waals surface area contributed by atoms with Crippen LogP contribution in [0.1, 0.15) is 30.5 Å². The number of benzene rings is 2. The number of fused-ring (bicyclic) bond motifs is 1. The summed E-state index contributed by atoms with van der Waals surface area (Å²) in [7, 11) is 0. The zero-order chi connectivity index (χ0) is 21.8. The van der Waals surface area contributed by atoms with Crippen molar-refractivity contribution >= 4 is 58.9 Å². The molecule has 0 aromatic heterocycles. The largest absolute Gasteiger partial charge is 0.480 e. The molecule has 0 saturated heterocycles. The highest BCUT2D eigenvalue weighted by atomic mass is 35.5. The predicted octanol–water partition coefficient (Wildman–Crippen LogP) is 4.28. The summed E-state index contributed by atoms with van der Waals surface area (Å²) >= 11 is 12.6. The topological polar surface area (TPSA) is 95.7 Å². The van der Waals surface area contributed by atoms with Gasteiger partial charge in [0.15, 0.2) is 0 Å². The summed E-state index contributed by atoms with van der Waals surface area (Å²) in [5.41, 5.74) is 8.17. The van der Waals surface area contributed by atoms with Gasteiger partial charge in [-0.2, -0.15) is 0 Å². The normalized spacial score (nSPS) is 16.6. The Kier molecular flexibility index (Phi) is 8.60. The molecular formula is C22H22Cl3N3O3. The van der Waals surface area contributed by atoms with Crippen LogP contribution in [0, 0.1) is 11.8 Å². The average molecular weight is 483 g/mol. The summed E-state index contributed by atoms with van der Waals surface area (Å²) in [6.45, 7) is 1.75.